The first-order valence-electron chi connectivity index (χ1n) is 7.35. The summed E-state index contributed by atoms with van der Waals surface area (Å²) in [6.07, 6.45) is 3.50. The Labute approximate surface area is 134 Å². The zero-order valence-corrected chi connectivity index (χ0v) is 12.6. The highest BCUT2D eigenvalue weighted by atomic mass is 19.1. The normalized spacial score (nSPS) is 11.7. The number of aryl methyl sites for hydroxylation is 1. The molecule has 1 aromatic heterocycles. The molecule has 2 aromatic rings. The van der Waals surface area contributed by atoms with Crippen LogP contribution in [0.1, 0.15) is 12.0 Å². The Kier molecular flexibility index (Phi) is 6.50. The van der Waals surface area contributed by atoms with Gasteiger partial charge in [0.05, 0.1) is 0 Å². The van der Waals surface area contributed by atoms with E-state index in [1.54, 1.807) is 12.4 Å². The summed E-state index contributed by atoms with van der Waals surface area (Å²) in [6.45, 7) is 0.132. The topological polar surface area (TPSA) is 71.5 Å². The number of amides is 1. The van der Waals surface area contributed by atoms with Crippen molar-refractivity contribution in [1.82, 2.24) is 10.3 Å². The van der Waals surface area contributed by atoms with Crippen LogP contribution in [0.25, 0.3) is 0 Å². The maximum Gasteiger partial charge on any atom is 0.220 e. The molecular weight excluding hydrogens is 299 g/mol. The molecule has 0 aliphatic rings. The maximum atomic E-state index is 12.7. The van der Waals surface area contributed by atoms with Crippen molar-refractivity contribution >= 4 is 5.91 Å². The van der Waals surface area contributed by atoms with Gasteiger partial charge in [0, 0.05) is 25.4 Å². The number of aromatic nitrogens is 1. The minimum atomic E-state index is -0.829. The van der Waals surface area contributed by atoms with Gasteiger partial charge in [-0.25, -0.2) is 4.39 Å². The van der Waals surface area contributed by atoms with Crippen LogP contribution in [0.4, 0.5) is 4.39 Å². The minimum absolute atomic E-state index is 0.0241. The summed E-state index contributed by atoms with van der Waals surface area (Å²) >= 11 is 0. The van der Waals surface area contributed by atoms with Gasteiger partial charge < -0.3 is 15.2 Å². The Bertz CT molecular complexity index is 605. The van der Waals surface area contributed by atoms with Crippen molar-refractivity contribution in [2.75, 3.05) is 13.2 Å². The third kappa shape index (κ3) is 6.44. The van der Waals surface area contributed by atoms with Crippen LogP contribution in [-0.2, 0) is 11.2 Å². The molecule has 1 atom stereocenters. The van der Waals surface area contributed by atoms with Crippen molar-refractivity contribution in [3.05, 3.63) is 60.2 Å². The Morgan fingerprint density at radius 1 is 1.22 bits per heavy atom. The average molecular weight is 318 g/mol. The summed E-state index contributed by atoms with van der Waals surface area (Å²) in [5, 5.41) is 12.4. The van der Waals surface area contributed by atoms with Crippen LogP contribution in [0, 0.1) is 5.82 Å². The second-order valence-corrected chi connectivity index (χ2v) is 5.08. The molecule has 1 heterocycles. The molecule has 1 unspecified atom stereocenters. The highest BCUT2D eigenvalue weighted by molar-refractivity contribution is 5.76. The highest BCUT2D eigenvalue weighted by Gasteiger charge is 2.08. The number of nitrogens with zero attached hydrogens (tertiary/aromatic N) is 1. The predicted octanol–water partition coefficient (Wildman–Crippen LogP) is 1.71. The van der Waals surface area contributed by atoms with Gasteiger partial charge in [0.15, 0.2) is 0 Å². The summed E-state index contributed by atoms with van der Waals surface area (Å²) in [6, 6.07) is 9.24. The van der Waals surface area contributed by atoms with Gasteiger partial charge in [0.2, 0.25) is 5.91 Å². The van der Waals surface area contributed by atoms with Crippen LogP contribution in [0.2, 0.25) is 0 Å². The molecule has 0 spiro atoms. The number of aliphatic hydroxyl groups is 1. The number of carbonyl (C=O) groups excluding carboxylic acids is 1. The second-order valence-electron chi connectivity index (χ2n) is 5.08. The zero-order valence-electron chi connectivity index (χ0n) is 12.6. The number of rotatable bonds is 8. The number of carbonyl (C=O) groups is 1. The monoisotopic (exact) mass is 318 g/mol. The van der Waals surface area contributed by atoms with Gasteiger partial charge in [0.1, 0.15) is 24.3 Å². The molecule has 0 aliphatic carbocycles. The molecule has 0 bridgehead atoms. The van der Waals surface area contributed by atoms with Crippen LogP contribution in [0.3, 0.4) is 0 Å². The summed E-state index contributed by atoms with van der Waals surface area (Å²) < 4.78 is 18.0. The van der Waals surface area contributed by atoms with Gasteiger partial charge in [0.25, 0.3) is 0 Å². The Hall–Kier alpha value is -2.47. The van der Waals surface area contributed by atoms with Gasteiger partial charge in [-0.2, -0.15) is 0 Å². The number of hydrogen-bond acceptors (Lipinski definition) is 4. The summed E-state index contributed by atoms with van der Waals surface area (Å²) in [5.74, 6) is -0.0172. The fourth-order valence-electron chi connectivity index (χ4n) is 1.91. The lowest BCUT2D eigenvalue weighted by atomic mass is 10.1. The van der Waals surface area contributed by atoms with E-state index in [0.29, 0.717) is 18.6 Å². The third-order valence-corrected chi connectivity index (χ3v) is 3.18. The molecule has 0 fully saturated rings. The molecule has 2 rings (SSSR count). The molecule has 1 amide bonds. The molecule has 1 aromatic carbocycles. The van der Waals surface area contributed by atoms with Crippen LogP contribution < -0.4 is 10.1 Å². The van der Waals surface area contributed by atoms with E-state index in [2.05, 4.69) is 10.3 Å². The number of halogens is 1. The van der Waals surface area contributed by atoms with E-state index in [1.165, 1.54) is 24.3 Å². The van der Waals surface area contributed by atoms with Gasteiger partial charge in [-0.15, -0.1) is 0 Å². The number of nitrogens with one attached hydrogen (secondary N) is 1. The molecule has 5 nitrogen and oxygen atoms in total. The second kappa shape index (κ2) is 8.85. The van der Waals surface area contributed by atoms with E-state index in [9.17, 15) is 14.3 Å². The van der Waals surface area contributed by atoms with Crippen molar-refractivity contribution in [2.45, 2.75) is 18.9 Å². The highest BCUT2D eigenvalue weighted by Crippen LogP contribution is 2.11. The van der Waals surface area contributed by atoms with Crippen molar-refractivity contribution < 1.29 is 19.0 Å². The molecule has 6 heteroatoms. The summed E-state index contributed by atoms with van der Waals surface area (Å²) in [4.78, 5) is 15.6. The maximum absolute atomic E-state index is 12.7. The molecule has 0 aliphatic heterocycles. The lowest BCUT2D eigenvalue weighted by molar-refractivity contribution is -0.121. The van der Waals surface area contributed by atoms with Gasteiger partial charge in [-0.3, -0.25) is 9.78 Å². The number of ether oxygens (including phenoxy) is 1. The van der Waals surface area contributed by atoms with Crippen LogP contribution in [-0.4, -0.2) is 35.3 Å². The van der Waals surface area contributed by atoms with Crippen LogP contribution >= 0.6 is 0 Å². The first kappa shape index (κ1) is 16.9. The largest absolute Gasteiger partial charge is 0.491 e. The average Bonchev–Trinajstić information content (AvgIpc) is 2.58. The smallest absolute Gasteiger partial charge is 0.220 e. The third-order valence-electron chi connectivity index (χ3n) is 3.18. The van der Waals surface area contributed by atoms with E-state index < -0.39 is 6.10 Å². The van der Waals surface area contributed by atoms with E-state index in [0.717, 1.165) is 5.56 Å². The number of aliphatic hydroxyl groups excluding tert-OH is 1. The van der Waals surface area contributed by atoms with Crippen LogP contribution in [0.15, 0.2) is 48.8 Å². The van der Waals surface area contributed by atoms with Gasteiger partial charge in [-0.05, 0) is 48.4 Å². The minimum Gasteiger partial charge on any atom is -0.491 e. The van der Waals surface area contributed by atoms with E-state index >= 15 is 0 Å². The molecule has 23 heavy (non-hydrogen) atoms. The Morgan fingerprint density at radius 3 is 2.61 bits per heavy atom. The Balaban J connectivity index is 1.62. The first-order valence-corrected chi connectivity index (χ1v) is 7.35. The fourth-order valence-corrected chi connectivity index (χ4v) is 1.91. The molecule has 0 radical (unpaired) electrons. The number of pyridine rings is 1. The molecule has 2 N–H and O–H groups in total. The van der Waals surface area contributed by atoms with Crippen molar-refractivity contribution in [1.29, 1.82) is 0 Å². The van der Waals surface area contributed by atoms with Crippen molar-refractivity contribution in [2.24, 2.45) is 0 Å². The lowest BCUT2D eigenvalue weighted by Crippen LogP contribution is -2.35. The summed E-state index contributed by atoms with van der Waals surface area (Å²) in [5.41, 5.74) is 1.04. The van der Waals surface area contributed by atoms with E-state index in [1.807, 2.05) is 12.1 Å². The van der Waals surface area contributed by atoms with E-state index in [-0.39, 0.29) is 24.9 Å². The van der Waals surface area contributed by atoms with E-state index in [4.69, 9.17) is 4.74 Å². The Morgan fingerprint density at radius 2 is 1.91 bits per heavy atom. The molecule has 0 saturated heterocycles. The van der Waals surface area contributed by atoms with Crippen molar-refractivity contribution in [3.63, 3.8) is 0 Å². The summed E-state index contributed by atoms with van der Waals surface area (Å²) in [7, 11) is 0. The molecule has 122 valence electrons. The number of hydrogen-bond donors (Lipinski definition) is 2. The van der Waals surface area contributed by atoms with Crippen LogP contribution in [0.5, 0.6) is 5.75 Å². The molecule has 0 saturated carbocycles. The van der Waals surface area contributed by atoms with Gasteiger partial charge in [-0.1, -0.05) is 0 Å². The standard InChI is InChI=1S/C17H19FN2O3/c18-14-2-4-16(5-3-14)23-12-15(21)11-20-17(22)6-1-13-7-9-19-10-8-13/h2-5,7-10,15,21H,1,6,11-12H2,(H,20,22). The zero-order chi connectivity index (χ0) is 16.5. The van der Waals surface area contributed by atoms with Crippen molar-refractivity contribution in [3.8, 4) is 5.75 Å². The first-order chi connectivity index (χ1) is 11.1. The quantitative estimate of drug-likeness (QED) is 0.777. The molecular formula is C17H19FN2O3. The predicted molar refractivity (Wildman–Crippen MR) is 83.5 cm³/mol. The fraction of sp³-hybridized carbons (Fsp3) is 0.294. The lowest BCUT2D eigenvalue weighted by Gasteiger charge is -2.13. The van der Waals surface area contributed by atoms with Gasteiger partial charge >= 0.3 is 0 Å². The number of benzene rings is 1. The SMILES string of the molecule is O=C(CCc1ccncc1)NCC(O)COc1ccc(F)cc1.